The summed E-state index contributed by atoms with van der Waals surface area (Å²) in [5.41, 5.74) is 0. The second kappa shape index (κ2) is 12.0. The first-order valence-electron chi connectivity index (χ1n) is 2.77. The summed E-state index contributed by atoms with van der Waals surface area (Å²) in [6.07, 6.45) is 0. The van der Waals surface area contributed by atoms with E-state index in [4.69, 9.17) is 23.5 Å². The monoisotopic (exact) mass is 236 g/mol. The first kappa shape index (κ1) is 20.3. The largest absolute Gasteiger partial charge is 1.00 e. The fraction of sp³-hybridized carbons (Fsp3) is 0. The van der Waals surface area contributed by atoms with E-state index in [1.807, 2.05) is 0 Å². The third-order valence-corrected chi connectivity index (χ3v) is 0.882. The maximum Gasteiger partial charge on any atom is 1.00 e. The number of rotatable bonds is 0. The van der Waals surface area contributed by atoms with Crippen molar-refractivity contribution in [3.8, 4) is 11.5 Å². The second-order valence-corrected chi connectivity index (χ2v) is 2.10. The molecule has 0 aliphatic rings. The molecule has 0 saturated carbocycles. The van der Waals surface area contributed by atoms with E-state index >= 15 is 0 Å². The van der Waals surface area contributed by atoms with Gasteiger partial charge in [-0.1, -0.05) is 12.1 Å². The number of para-hydroxylation sites is 2. The number of phenolic OH excluding ortho intramolecular Hbond substituents is 2. The van der Waals surface area contributed by atoms with Gasteiger partial charge in [0.05, 0.1) is 0 Å². The number of hydrogen-bond acceptors (Lipinski definition) is 5. The van der Waals surface area contributed by atoms with Crippen molar-refractivity contribution >= 4 is 11.4 Å². The van der Waals surface area contributed by atoms with Crippen molar-refractivity contribution in [2.75, 3.05) is 0 Å². The van der Waals surface area contributed by atoms with E-state index in [0.29, 0.717) is 0 Å². The molecule has 0 spiro atoms. The van der Waals surface area contributed by atoms with Gasteiger partial charge < -0.3 is 19.3 Å². The van der Waals surface area contributed by atoms with E-state index in [2.05, 4.69) is 0 Å². The number of hydrogen-bond donors (Lipinski definition) is 2. The third-order valence-electron chi connectivity index (χ3n) is 0.882. The number of benzene rings is 1. The van der Waals surface area contributed by atoms with Gasteiger partial charge in [-0.25, -0.2) is 0 Å². The van der Waals surface area contributed by atoms with Crippen LogP contribution in [0, 0.1) is 0 Å². The molecule has 0 atom stereocenters. The van der Waals surface area contributed by atoms with Gasteiger partial charge in [-0.15, -0.1) is 11.4 Å². The van der Waals surface area contributed by atoms with Crippen LogP contribution >= 0.6 is 0 Å². The van der Waals surface area contributed by atoms with Crippen molar-refractivity contribution in [2.45, 2.75) is 0 Å². The van der Waals surface area contributed by atoms with Gasteiger partial charge in [0.1, 0.15) is 0 Å². The molecular formula is C6H6Na2O5S. The summed E-state index contributed by atoms with van der Waals surface area (Å²) >= 11 is -3.11. The molecule has 1 rings (SSSR count). The van der Waals surface area contributed by atoms with Crippen molar-refractivity contribution in [1.29, 1.82) is 0 Å². The molecule has 1 aromatic rings. The van der Waals surface area contributed by atoms with E-state index < -0.39 is 11.4 Å². The maximum absolute atomic E-state index is 8.67. The molecule has 68 valence electrons. The zero-order valence-corrected chi connectivity index (χ0v) is 12.7. The Labute approximate surface area is 128 Å². The summed E-state index contributed by atoms with van der Waals surface area (Å²) in [4.78, 5) is 0. The van der Waals surface area contributed by atoms with Crippen LogP contribution in [0.4, 0.5) is 0 Å². The van der Waals surface area contributed by atoms with Crippen LogP contribution in [0.5, 0.6) is 11.5 Å². The Morgan fingerprint density at radius 1 is 1.00 bits per heavy atom. The summed E-state index contributed by atoms with van der Waals surface area (Å²) in [5, 5.41) is 17.3. The number of phenols is 2. The molecule has 0 saturated heterocycles. The van der Waals surface area contributed by atoms with E-state index in [-0.39, 0.29) is 70.6 Å². The molecule has 0 heterocycles. The molecule has 2 N–H and O–H groups in total. The standard InChI is InChI=1S/C6H6O2.2Na.H2O3S/c7-5-3-1-2-4-6(5)8;;;1-4(2)3/h1-4,7-8H;;;(H2,1,2,3)/q;2*+1;/p-2. The van der Waals surface area contributed by atoms with Gasteiger partial charge in [0, 0.05) is 0 Å². The van der Waals surface area contributed by atoms with E-state index in [0.717, 1.165) is 0 Å². The van der Waals surface area contributed by atoms with Crippen molar-refractivity contribution in [2.24, 2.45) is 0 Å². The zero-order valence-electron chi connectivity index (χ0n) is 7.84. The first-order chi connectivity index (χ1) is 5.54. The Bertz CT molecular complexity index is 245. The molecule has 5 nitrogen and oxygen atoms in total. The molecule has 0 aliphatic heterocycles. The van der Waals surface area contributed by atoms with Gasteiger partial charge in [-0.05, 0) is 12.1 Å². The Balaban J connectivity index is -0.000000180. The van der Waals surface area contributed by atoms with Crippen molar-refractivity contribution < 1.29 is 82.6 Å². The smallest absolute Gasteiger partial charge is 0.784 e. The maximum atomic E-state index is 8.67. The van der Waals surface area contributed by atoms with Crippen LogP contribution in [0.1, 0.15) is 0 Å². The molecule has 0 radical (unpaired) electrons. The molecule has 14 heavy (non-hydrogen) atoms. The molecule has 0 aliphatic carbocycles. The molecule has 0 amide bonds. The summed E-state index contributed by atoms with van der Waals surface area (Å²) in [5.74, 6) is -0.153. The van der Waals surface area contributed by atoms with Crippen LogP contribution < -0.4 is 59.1 Å². The summed E-state index contributed by atoms with van der Waals surface area (Å²) in [6.45, 7) is 0. The molecule has 0 aromatic heterocycles. The quantitative estimate of drug-likeness (QED) is 0.265. The van der Waals surface area contributed by atoms with Crippen LogP contribution in [0.3, 0.4) is 0 Å². The molecule has 8 heteroatoms. The Hall–Kier alpha value is 0.890. The van der Waals surface area contributed by atoms with Crippen molar-refractivity contribution in [3.63, 3.8) is 0 Å². The molecule has 0 fully saturated rings. The summed E-state index contributed by atoms with van der Waals surface area (Å²) < 4.78 is 25.3. The van der Waals surface area contributed by atoms with Crippen LogP contribution in [0.2, 0.25) is 0 Å². The normalized spacial score (nSPS) is 7.64. The minimum absolute atomic E-state index is 0. The van der Waals surface area contributed by atoms with Crippen LogP contribution in [0.15, 0.2) is 24.3 Å². The molecule has 1 aromatic carbocycles. The fourth-order valence-corrected chi connectivity index (χ4v) is 0.464. The van der Waals surface area contributed by atoms with Gasteiger partial charge in [-0.2, -0.15) is 0 Å². The minimum atomic E-state index is -3.11. The average Bonchev–Trinajstić information content (AvgIpc) is 1.94. The third kappa shape index (κ3) is 12.9. The van der Waals surface area contributed by atoms with Gasteiger partial charge in [0.15, 0.2) is 11.5 Å². The van der Waals surface area contributed by atoms with Crippen molar-refractivity contribution in [1.82, 2.24) is 0 Å². The molecule has 0 unspecified atom stereocenters. The summed E-state index contributed by atoms with van der Waals surface area (Å²) in [7, 11) is 0. The Morgan fingerprint density at radius 3 is 1.36 bits per heavy atom. The Kier molecular flexibility index (Phi) is 17.4. The predicted octanol–water partition coefficient (Wildman–Crippen LogP) is -5.90. The van der Waals surface area contributed by atoms with Gasteiger partial charge in [0.2, 0.25) is 0 Å². The number of aromatic hydroxyl groups is 2. The Morgan fingerprint density at radius 2 is 1.21 bits per heavy atom. The SMILES string of the molecule is O=S([O-])[O-].Oc1ccccc1O.[Na+].[Na+]. The predicted molar refractivity (Wildman–Crippen MR) is 39.5 cm³/mol. The average molecular weight is 236 g/mol. The minimum Gasteiger partial charge on any atom is -0.784 e. The first-order valence-corrected chi connectivity index (χ1v) is 3.77. The van der Waals surface area contributed by atoms with Crippen molar-refractivity contribution in [3.05, 3.63) is 24.3 Å². The van der Waals surface area contributed by atoms with Gasteiger partial charge in [-0.3, -0.25) is 4.21 Å². The van der Waals surface area contributed by atoms with E-state index in [1.165, 1.54) is 12.1 Å². The van der Waals surface area contributed by atoms with E-state index in [1.54, 1.807) is 12.1 Å². The van der Waals surface area contributed by atoms with Crippen LogP contribution in [-0.4, -0.2) is 23.5 Å². The second-order valence-electron chi connectivity index (χ2n) is 1.69. The topological polar surface area (TPSA) is 104 Å². The summed E-state index contributed by atoms with van der Waals surface area (Å²) in [6, 6.07) is 6.15. The molecular weight excluding hydrogens is 230 g/mol. The van der Waals surface area contributed by atoms with Gasteiger partial charge >= 0.3 is 59.1 Å². The molecule has 0 bridgehead atoms. The zero-order chi connectivity index (χ0) is 9.56. The fourth-order valence-electron chi connectivity index (χ4n) is 0.464. The van der Waals surface area contributed by atoms with Crippen LogP contribution in [0.25, 0.3) is 0 Å². The van der Waals surface area contributed by atoms with Crippen LogP contribution in [-0.2, 0) is 11.4 Å². The van der Waals surface area contributed by atoms with Gasteiger partial charge in [0.25, 0.3) is 0 Å². The van der Waals surface area contributed by atoms with E-state index in [9.17, 15) is 0 Å².